The first kappa shape index (κ1) is 56.2. The zero-order valence-electron chi connectivity index (χ0n) is 29.5. The summed E-state index contributed by atoms with van der Waals surface area (Å²) in [7, 11) is 0. The summed E-state index contributed by atoms with van der Waals surface area (Å²) in [6.07, 6.45) is 0. The van der Waals surface area contributed by atoms with Crippen LogP contribution < -0.4 is 0 Å². The van der Waals surface area contributed by atoms with E-state index in [9.17, 15) is 0 Å². The largest absolute Gasteiger partial charge is 2.00 e. The number of hydrogen-bond donors (Lipinski definition) is 0. The van der Waals surface area contributed by atoms with Crippen LogP contribution in [0, 0.1) is 112 Å². The predicted octanol–water partition coefficient (Wildman–Crippen LogP) is 6.30. The van der Waals surface area contributed by atoms with E-state index in [1.165, 1.54) is 23.2 Å². The second kappa shape index (κ2) is 30.8. The van der Waals surface area contributed by atoms with Gasteiger partial charge in [0.1, 0.15) is 0 Å². The zero-order valence-corrected chi connectivity index (χ0v) is 33.2. The summed E-state index contributed by atoms with van der Waals surface area (Å²) in [5.74, 6) is 0. The molecule has 0 saturated heterocycles. The molecule has 28 heteroatoms. The molecule has 0 atom stereocenters. The maximum Gasteiger partial charge on any atom is 2.00 e. The molecule has 0 spiro atoms. The second-order valence-electron chi connectivity index (χ2n) is 8.95. The van der Waals surface area contributed by atoms with Crippen molar-refractivity contribution < 1.29 is 53.9 Å². The molecule has 4 aromatic heterocycles. The van der Waals surface area contributed by atoms with E-state index < -0.39 is 20.3 Å². The minimum Gasteiger partial charge on any atom is -0.356 e. The standard InChI is InChI=1S/2C12H11N3S.2C2H3N.2Co.4NO3/c2*1-8-7-9(2)15(14-8)12-13-10-5-3-4-6-11(10)16-12;2*1-2-3;;;4*2-1(3)4/h2*3-7H,1-2H3;2*1H3;;;;;;/q;;;;2*+2;4*-1. The Kier molecular flexibility index (Phi) is 30.9. The van der Waals surface area contributed by atoms with Gasteiger partial charge in [-0.25, -0.2) is 19.3 Å². The normalized spacial score (nSPS) is 8.36. The molecule has 0 aliphatic rings. The van der Waals surface area contributed by atoms with Gasteiger partial charge in [-0.1, -0.05) is 46.9 Å². The molecular formula is C28H28Co2N12O12S2. The third-order valence-corrected chi connectivity index (χ3v) is 6.97. The van der Waals surface area contributed by atoms with Crippen LogP contribution in [-0.2, 0) is 33.6 Å². The summed E-state index contributed by atoms with van der Waals surface area (Å²) >= 11 is 3.33. The maximum atomic E-state index is 8.25. The Balaban J connectivity index is -0.000000314. The zero-order chi connectivity index (χ0) is 42.0. The van der Waals surface area contributed by atoms with Crippen LogP contribution in [0.1, 0.15) is 36.6 Å². The van der Waals surface area contributed by atoms with Crippen LogP contribution in [0.25, 0.3) is 30.7 Å². The van der Waals surface area contributed by atoms with Crippen LogP contribution in [0.2, 0.25) is 0 Å². The van der Waals surface area contributed by atoms with E-state index in [0.717, 1.165) is 44.1 Å². The molecule has 302 valence electrons. The Morgan fingerprint density at radius 3 is 0.982 bits per heavy atom. The Morgan fingerprint density at radius 2 is 0.786 bits per heavy atom. The molecular weight excluding hydrogens is 878 g/mol. The number of rotatable bonds is 2. The van der Waals surface area contributed by atoms with Gasteiger partial charge in [0.05, 0.1) is 64.3 Å². The summed E-state index contributed by atoms with van der Waals surface area (Å²) in [6, 6.07) is 23.9. The van der Waals surface area contributed by atoms with Crippen LogP contribution in [0.4, 0.5) is 0 Å². The topological polar surface area (TPSA) is 374 Å². The van der Waals surface area contributed by atoms with E-state index in [0.29, 0.717) is 0 Å². The van der Waals surface area contributed by atoms with Gasteiger partial charge in [0.2, 0.25) is 10.3 Å². The van der Waals surface area contributed by atoms with Gasteiger partial charge in [0.15, 0.2) is 0 Å². The van der Waals surface area contributed by atoms with Gasteiger partial charge in [-0.15, -0.1) is 0 Å². The molecule has 0 saturated carbocycles. The number of thiazole rings is 2. The average Bonchev–Trinajstić information content (AvgIpc) is 3.81. The molecule has 0 aliphatic heterocycles. The fourth-order valence-electron chi connectivity index (χ4n) is 3.55. The van der Waals surface area contributed by atoms with E-state index in [-0.39, 0.29) is 33.6 Å². The number of aryl methyl sites for hydroxylation is 4. The van der Waals surface area contributed by atoms with Crippen molar-refractivity contribution in [3.05, 3.63) is 145 Å². The number of nitrogens with zero attached hydrogens (tertiary/aromatic N) is 12. The minimum absolute atomic E-state index is 0. The number of hydrogen-bond acceptors (Lipinski definition) is 20. The number of nitriles is 2. The van der Waals surface area contributed by atoms with E-state index in [1.807, 2.05) is 73.5 Å². The van der Waals surface area contributed by atoms with Crippen LogP contribution in [0.3, 0.4) is 0 Å². The third kappa shape index (κ3) is 25.4. The summed E-state index contributed by atoms with van der Waals surface area (Å²) in [6.45, 7) is 11.0. The maximum absolute atomic E-state index is 8.25. The molecule has 0 bridgehead atoms. The van der Waals surface area contributed by atoms with Crippen molar-refractivity contribution in [3.63, 3.8) is 0 Å². The molecule has 56 heavy (non-hydrogen) atoms. The number of para-hydroxylation sites is 2. The number of benzene rings is 2. The molecule has 6 rings (SSSR count). The quantitative estimate of drug-likeness (QED) is 0.136. The molecule has 2 aromatic carbocycles. The van der Waals surface area contributed by atoms with E-state index >= 15 is 0 Å². The number of aromatic nitrogens is 6. The van der Waals surface area contributed by atoms with Gasteiger partial charge < -0.3 is 61.3 Å². The SMILES string of the molecule is CC#N.CC#N.Cc1cc(C)n(-c2nc3ccccc3s2)n1.Cc1cc(C)n(-c2nc3ccccc3s2)n1.O=[N+]([O-])[O-].O=[N+]([O-])[O-].O=[N+]([O-])[O-].O=[N+]([O-])[O-].[Co+2].[Co+2]. The molecule has 0 unspecified atom stereocenters. The smallest absolute Gasteiger partial charge is 0.356 e. The fourth-order valence-corrected chi connectivity index (χ4v) is 5.50. The molecule has 24 nitrogen and oxygen atoms in total. The van der Waals surface area contributed by atoms with Crippen molar-refractivity contribution in [2.75, 3.05) is 0 Å². The first-order chi connectivity index (χ1) is 25.2. The van der Waals surface area contributed by atoms with Crippen molar-refractivity contribution in [1.29, 1.82) is 10.5 Å². The Morgan fingerprint density at radius 1 is 0.554 bits per heavy atom. The van der Waals surface area contributed by atoms with Crippen molar-refractivity contribution >= 4 is 43.1 Å². The van der Waals surface area contributed by atoms with Crippen LogP contribution >= 0.6 is 22.7 Å². The van der Waals surface area contributed by atoms with Crippen molar-refractivity contribution in [3.8, 4) is 22.4 Å². The van der Waals surface area contributed by atoms with E-state index in [2.05, 4.69) is 44.4 Å². The average molecular weight is 907 g/mol. The molecule has 2 radical (unpaired) electrons. The molecule has 0 N–H and O–H groups in total. The molecule has 0 aliphatic carbocycles. The van der Waals surface area contributed by atoms with Gasteiger partial charge in [-0.3, -0.25) is 0 Å². The van der Waals surface area contributed by atoms with E-state index in [1.54, 1.807) is 34.8 Å². The van der Waals surface area contributed by atoms with E-state index in [4.69, 9.17) is 71.8 Å². The second-order valence-corrected chi connectivity index (χ2v) is 11.0. The fraction of sp³-hybridized carbons (Fsp3) is 0.214. The first-order valence-electron chi connectivity index (χ1n) is 13.9. The summed E-state index contributed by atoms with van der Waals surface area (Å²) < 4.78 is 6.20. The van der Waals surface area contributed by atoms with Crippen molar-refractivity contribution in [2.45, 2.75) is 41.5 Å². The van der Waals surface area contributed by atoms with Gasteiger partial charge in [-0.2, -0.15) is 20.7 Å². The summed E-state index contributed by atoms with van der Waals surface area (Å²) in [4.78, 5) is 42.2. The van der Waals surface area contributed by atoms with Gasteiger partial charge in [0, 0.05) is 25.2 Å². The Hall–Kier alpha value is -6.57. The summed E-state index contributed by atoms with van der Waals surface area (Å²) in [5, 5.41) is 84.4. The van der Waals surface area contributed by atoms with Crippen molar-refractivity contribution in [2.24, 2.45) is 0 Å². The van der Waals surface area contributed by atoms with Gasteiger partial charge >= 0.3 is 33.6 Å². The van der Waals surface area contributed by atoms with Crippen LogP contribution in [0.15, 0.2) is 60.7 Å². The minimum atomic E-state index is -1.75. The van der Waals surface area contributed by atoms with Crippen LogP contribution in [0.5, 0.6) is 0 Å². The molecule has 0 amide bonds. The monoisotopic (exact) mass is 906 g/mol. The summed E-state index contributed by atoms with van der Waals surface area (Å²) in [5.41, 5.74) is 6.37. The molecule has 6 aromatic rings. The van der Waals surface area contributed by atoms with Gasteiger partial charge in [-0.05, 0) is 64.1 Å². The molecule has 0 fully saturated rings. The van der Waals surface area contributed by atoms with Gasteiger partial charge in [0.25, 0.3) is 0 Å². The first-order valence-corrected chi connectivity index (χ1v) is 15.5. The van der Waals surface area contributed by atoms with Crippen molar-refractivity contribution in [1.82, 2.24) is 29.5 Å². The number of fused-ring (bicyclic) bond motifs is 2. The Labute approximate surface area is 344 Å². The Bertz CT molecular complexity index is 1920. The predicted molar refractivity (Wildman–Crippen MR) is 196 cm³/mol. The third-order valence-electron chi connectivity index (χ3n) is 4.95. The molecule has 4 heterocycles. The van der Waals surface area contributed by atoms with Crippen LogP contribution in [-0.4, -0.2) is 49.9 Å².